The van der Waals surface area contributed by atoms with Crippen molar-refractivity contribution in [3.8, 4) is 17.2 Å². The quantitative estimate of drug-likeness (QED) is 0.423. The number of amides is 2. The minimum absolute atomic E-state index is 0.0658. The first kappa shape index (κ1) is 30.1. The maximum absolute atomic E-state index is 13.9. The van der Waals surface area contributed by atoms with E-state index in [2.05, 4.69) is 5.32 Å². The Balaban J connectivity index is 1.95. The first-order valence-corrected chi connectivity index (χ1v) is 14.8. The van der Waals surface area contributed by atoms with E-state index in [-0.39, 0.29) is 29.9 Å². The van der Waals surface area contributed by atoms with Crippen molar-refractivity contribution in [2.75, 3.05) is 38.4 Å². The van der Waals surface area contributed by atoms with Crippen LogP contribution in [0.3, 0.4) is 0 Å². The number of sulfonamides is 1. The molecule has 0 saturated heterocycles. The van der Waals surface area contributed by atoms with Gasteiger partial charge in [-0.25, -0.2) is 8.42 Å². The lowest BCUT2D eigenvalue weighted by molar-refractivity contribution is -0.139. The van der Waals surface area contributed by atoms with Gasteiger partial charge in [0.2, 0.25) is 21.8 Å². The number of rotatable bonds is 12. The van der Waals surface area contributed by atoms with Crippen molar-refractivity contribution in [3.63, 3.8) is 0 Å². The molecule has 0 aromatic heterocycles. The van der Waals surface area contributed by atoms with Gasteiger partial charge in [-0.05, 0) is 49.6 Å². The molecule has 11 heteroatoms. The molecule has 0 spiro atoms. The Bertz CT molecular complexity index is 1250. The van der Waals surface area contributed by atoms with Gasteiger partial charge in [0.25, 0.3) is 0 Å². The second kappa shape index (κ2) is 13.5. The van der Waals surface area contributed by atoms with Crippen LogP contribution in [-0.4, -0.2) is 71.3 Å². The van der Waals surface area contributed by atoms with Gasteiger partial charge in [0.15, 0.2) is 0 Å². The van der Waals surface area contributed by atoms with Crippen LogP contribution in [0.1, 0.15) is 44.6 Å². The number of carbonyl (C=O) groups excluding carboxylic acids is 2. The van der Waals surface area contributed by atoms with Gasteiger partial charge in [-0.1, -0.05) is 31.4 Å². The Morgan fingerprint density at radius 3 is 2.26 bits per heavy atom. The average Bonchev–Trinajstić information content (AvgIpc) is 2.93. The molecule has 0 bridgehead atoms. The summed E-state index contributed by atoms with van der Waals surface area (Å²) in [6, 6.07) is 11.1. The van der Waals surface area contributed by atoms with Crippen molar-refractivity contribution < 1.29 is 32.2 Å². The molecule has 2 aromatic carbocycles. The van der Waals surface area contributed by atoms with E-state index in [1.165, 1.54) is 25.2 Å². The number of hydrogen-bond acceptors (Lipinski definition) is 7. The number of hydrogen-bond donors (Lipinski definition) is 1. The highest BCUT2D eigenvalue weighted by Crippen LogP contribution is 2.34. The van der Waals surface area contributed by atoms with Crippen LogP contribution in [0.5, 0.6) is 17.2 Å². The van der Waals surface area contributed by atoms with Crippen LogP contribution < -0.4 is 23.8 Å². The van der Waals surface area contributed by atoms with E-state index < -0.39 is 28.5 Å². The maximum atomic E-state index is 13.9. The third-order valence-electron chi connectivity index (χ3n) is 6.94. The van der Waals surface area contributed by atoms with Gasteiger partial charge in [0.05, 0.1) is 33.3 Å². The van der Waals surface area contributed by atoms with E-state index in [1.54, 1.807) is 44.4 Å². The molecular formula is C28H39N3O7S. The molecule has 10 nitrogen and oxygen atoms in total. The number of benzene rings is 2. The molecule has 2 aromatic rings. The predicted molar refractivity (Wildman–Crippen MR) is 150 cm³/mol. The van der Waals surface area contributed by atoms with Crippen molar-refractivity contribution in [2.24, 2.45) is 0 Å². The van der Waals surface area contributed by atoms with Crippen LogP contribution in [0.25, 0.3) is 0 Å². The number of nitrogens with one attached hydrogen (secondary N) is 1. The molecule has 3 rings (SSSR count). The highest BCUT2D eigenvalue weighted by Gasteiger charge is 2.32. The number of ether oxygens (including phenoxy) is 3. The normalized spacial score (nSPS) is 14.7. The van der Waals surface area contributed by atoms with Crippen molar-refractivity contribution in [3.05, 3.63) is 48.0 Å². The summed E-state index contributed by atoms with van der Waals surface area (Å²) < 4.78 is 42.8. The lowest BCUT2D eigenvalue weighted by Crippen LogP contribution is -2.53. The topological polar surface area (TPSA) is 114 Å². The van der Waals surface area contributed by atoms with Crippen molar-refractivity contribution >= 4 is 27.5 Å². The Morgan fingerprint density at radius 1 is 0.974 bits per heavy atom. The SMILES string of the molecule is COc1cccc(CN(C(=O)CN(c2cc(OC)ccc2OC)S(C)(=O)=O)[C@H](C)C(=O)NC2CCCCC2)c1. The molecule has 1 aliphatic carbocycles. The summed E-state index contributed by atoms with van der Waals surface area (Å²) in [6.45, 7) is 1.21. The smallest absolute Gasteiger partial charge is 0.244 e. The third-order valence-corrected chi connectivity index (χ3v) is 8.07. The van der Waals surface area contributed by atoms with Gasteiger partial charge >= 0.3 is 0 Å². The van der Waals surface area contributed by atoms with Gasteiger partial charge in [-0.2, -0.15) is 0 Å². The molecule has 0 unspecified atom stereocenters. The van der Waals surface area contributed by atoms with E-state index in [0.29, 0.717) is 11.5 Å². The lowest BCUT2D eigenvalue weighted by Gasteiger charge is -2.33. The summed E-state index contributed by atoms with van der Waals surface area (Å²) in [5.74, 6) is 0.456. The molecule has 0 aliphatic heterocycles. The number of nitrogens with zero attached hydrogens (tertiary/aromatic N) is 2. The standard InChI is InChI=1S/C28H39N3O7S/c1-20(28(33)29-22-11-7-6-8-12-22)30(18-21-10-9-13-23(16-21)36-2)27(32)19-31(39(5,34)35)25-17-24(37-3)14-15-26(25)38-4/h9-10,13-17,20,22H,6-8,11-12,18-19H2,1-5H3,(H,29,33)/t20-/m1/s1. The maximum Gasteiger partial charge on any atom is 0.244 e. The second-order valence-corrected chi connectivity index (χ2v) is 11.6. The summed E-state index contributed by atoms with van der Waals surface area (Å²) in [5.41, 5.74) is 0.901. The van der Waals surface area contributed by atoms with Gasteiger partial charge < -0.3 is 24.4 Å². The molecule has 1 atom stereocenters. The van der Waals surface area contributed by atoms with Crippen LogP contribution in [0.2, 0.25) is 0 Å². The van der Waals surface area contributed by atoms with Crippen molar-refractivity contribution in [2.45, 2.75) is 57.7 Å². The first-order valence-electron chi connectivity index (χ1n) is 13.0. The van der Waals surface area contributed by atoms with Crippen LogP contribution in [0.15, 0.2) is 42.5 Å². The highest BCUT2D eigenvalue weighted by molar-refractivity contribution is 7.92. The van der Waals surface area contributed by atoms with E-state index >= 15 is 0 Å². The Kier molecular flexibility index (Phi) is 10.4. The van der Waals surface area contributed by atoms with Gasteiger partial charge in [-0.3, -0.25) is 13.9 Å². The minimum atomic E-state index is -3.93. The molecule has 1 N–H and O–H groups in total. The molecule has 2 amide bonds. The van der Waals surface area contributed by atoms with Crippen LogP contribution in [0, 0.1) is 0 Å². The monoisotopic (exact) mass is 561 g/mol. The molecule has 1 aliphatic rings. The van der Waals surface area contributed by atoms with Gasteiger partial charge in [0.1, 0.15) is 29.8 Å². The molecule has 0 radical (unpaired) electrons. The summed E-state index contributed by atoms with van der Waals surface area (Å²) >= 11 is 0. The summed E-state index contributed by atoms with van der Waals surface area (Å²) in [5, 5.41) is 3.08. The van der Waals surface area contributed by atoms with E-state index in [9.17, 15) is 18.0 Å². The number of anilines is 1. The van der Waals surface area contributed by atoms with E-state index in [1.807, 2.05) is 6.07 Å². The molecule has 0 heterocycles. The summed E-state index contributed by atoms with van der Waals surface area (Å²) in [4.78, 5) is 28.6. The molecule has 39 heavy (non-hydrogen) atoms. The Labute approximate surface area is 231 Å². The van der Waals surface area contributed by atoms with Crippen molar-refractivity contribution in [1.82, 2.24) is 10.2 Å². The largest absolute Gasteiger partial charge is 0.497 e. The fourth-order valence-electron chi connectivity index (χ4n) is 4.71. The summed E-state index contributed by atoms with van der Waals surface area (Å²) in [6.07, 6.45) is 6.08. The summed E-state index contributed by atoms with van der Waals surface area (Å²) in [7, 11) is 0.502. The molecule has 1 fully saturated rings. The fraction of sp³-hybridized carbons (Fsp3) is 0.500. The third kappa shape index (κ3) is 8.01. The fourth-order valence-corrected chi connectivity index (χ4v) is 5.55. The molecule has 214 valence electrons. The van der Waals surface area contributed by atoms with E-state index in [0.717, 1.165) is 48.2 Å². The van der Waals surface area contributed by atoms with Crippen molar-refractivity contribution in [1.29, 1.82) is 0 Å². The lowest BCUT2D eigenvalue weighted by atomic mass is 9.95. The van der Waals surface area contributed by atoms with Crippen LogP contribution >= 0.6 is 0 Å². The van der Waals surface area contributed by atoms with E-state index in [4.69, 9.17) is 14.2 Å². The van der Waals surface area contributed by atoms with Crippen LogP contribution in [-0.2, 0) is 26.2 Å². The van der Waals surface area contributed by atoms with Crippen LogP contribution in [0.4, 0.5) is 5.69 Å². The predicted octanol–water partition coefficient (Wildman–Crippen LogP) is 3.34. The first-order chi connectivity index (χ1) is 18.6. The second-order valence-electron chi connectivity index (χ2n) is 9.70. The molecule has 1 saturated carbocycles. The zero-order valence-electron chi connectivity index (χ0n) is 23.3. The number of methoxy groups -OCH3 is 3. The minimum Gasteiger partial charge on any atom is -0.497 e. The Morgan fingerprint density at radius 2 is 1.64 bits per heavy atom. The number of carbonyl (C=O) groups is 2. The highest BCUT2D eigenvalue weighted by atomic mass is 32.2. The average molecular weight is 562 g/mol. The van der Waals surface area contributed by atoms with Gasteiger partial charge in [0, 0.05) is 18.7 Å². The Hall–Kier alpha value is -3.47. The molecular weight excluding hydrogens is 522 g/mol. The zero-order valence-corrected chi connectivity index (χ0v) is 24.1. The van der Waals surface area contributed by atoms with Gasteiger partial charge in [-0.15, -0.1) is 0 Å². The zero-order chi connectivity index (χ0) is 28.6.